The average Bonchev–Trinajstić information content (AvgIpc) is 2.94. The number of nitrogens with one attached hydrogen (secondary N) is 3. The van der Waals surface area contributed by atoms with E-state index in [-0.39, 0.29) is 24.4 Å². The van der Waals surface area contributed by atoms with Crippen LogP contribution in [0.25, 0.3) is 0 Å². The van der Waals surface area contributed by atoms with Gasteiger partial charge in [-0.25, -0.2) is 4.79 Å². The SMILES string of the molecule is C=CC1CCN(C(=O)CC#N)CC1(O)N(C)C1=C2C(O)=C(O)NC2NC(=O)N1. The number of piperidine rings is 1. The summed E-state index contributed by atoms with van der Waals surface area (Å²) < 4.78 is 0. The number of rotatable bonds is 4. The van der Waals surface area contributed by atoms with Gasteiger partial charge in [-0.1, -0.05) is 6.08 Å². The van der Waals surface area contributed by atoms with E-state index < -0.39 is 41.4 Å². The number of nitrogens with zero attached hydrogens (tertiary/aromatic N) is 3. The summed E-state index contributed by atoms with van der Waals surface area (Å²) in [5, 5.41) is 47.8. The molecular weight excluding hydrogens is 368 g/mol. The first kappa shape index (κ1) is 19.4. The van der Waals surface area contributed by atoms with Crippen molar-refractivity contribution in [1.82, 2.24) is 25.8 Å². The number of β-amino-alcohol motifs (C(OH)–C–C–N with tert-alkyl or cyclic N) is 1. The predicted molar refractivity (Wildman–Crippen MR) is 95.7 cm³/mol. The summed E-state index contributed by atoms with van der Waals surface area (Å²) >= 11 is 0. The molecule has 3 aliphatic rings. The van der Waals surface area contributed by atoms with Crippen molar-refractivity contribution in [1.29, 1.82) is 5.26 Å². The fourth-order valence-corrected chi connectivity index (χ4v) is 3.76. The van der Waals surface area contributed by atoms with Crippen LogP contribution in [0.15, 0.2) is 35.7 Å². The minimum absolute atomic E-state index is 0.0757. The number of aliphatic hydroxyl groups is 3. The third-order valence-corrected chi connectivity index (χ3v) is 5.32. The van der Waals surface area contributed by atoms with Crippen LogP contribution in [0.2, 0.25) is 0 Å². The minimum atomic E-state index is -1.67. The molecule has 0 aromatic heterocycles. The smallest absolute Gasteiger partial charge is 0.322 e. The highest BCUT2D eigenvalue weighted by molar-refractivity contribution is 5.80. The van der Waals surface area contributed by atoms with Gasteiger partial charge >= 0.3 is 6.03 Å². The quantitative estimate of drug-likeness (QED) is 0.271. The van der Waals surface area contributed by atoms with Gasteiger partial charge in [0, 0.05) is 19.5 Å². The third-order valence-electron chi connectivity index (χ3n) is 5.32. The summed E-state index contributed by atoms with van der Waals surface area (Å²) in [5.41, 5.74) is -1.52. The Hall–Kier alpha value is -3.39. The van der Waals surface area contributed by atoms with Gasteiger partial charge in [0.25, 0.3) is 0 Å². The lowest BCUT2D eigenvalue weighted by atomic mass is 9.86. The van der Waals surface area contributed by atoms with Gasteiger partial charge in [-0.05, 0) is 6.42 Å². The molecule has 3 rings (SSSR count). The van der Waals surface area contributed by atoms with Crippen LogP contribution in [0.4, 0.5) is 4.79 Å². The van der Waals surface area contributed by atoms with E-state index in [9.17, 15) is 24.9 Å². The van der Waals surface area contributed by atoms with E-state index >= 15 is 0 Å². The highest BCUT2D eigenvalue weighted by Crippen LogP contribution is 2.36. The standard InChI is InChI=1S/C17H22N6O5/c1-3-9-5-7-23(10(24)4-6-18)8-17(9,28)22(2)14-11-12(25)15(26)19-13(11)20-16(27)21-14/h3,9,13,19,25-26,28H,1,4-5,7-8H2,2H3,(H2,20,21,27). The van der Waals surface area contributed by atoms with Crippen LogP contribution in [-0.2, 0) is 4.79 Å². The van der Waals surface area contributed by atoms with Gasteiger partial charge in [0.05, 0.1) is 18.2 Å². The number of amides is 3. The number of fused-ring (bicyclic) bond motifs is 1. The van der Waals surface area contributed by atoms with Gasteiger partial charge in [0.15, 0.2) is 11.5 Å². The maximum atomic E-state index is 12.2. The number of hydrogen-bond acceptors (Lipinski definition) is 8. The van der Waals surface area contributed by atoms with Crippen LogP contribution in [0, 0.1) is 17.2 Å². The normalized spacial score (nSPS) is 29.3. The second-order valence-corrected chi connectivity index (χ2v) is 6.85. The van der Waals surface area contributed by atoms with Crippen molar-refractivity contribution < 1.29 is 24.9 Å². The van der Waals surface area contributed by atoms with Crippen LogP contribution < -0.4 is 16.0 Å². The molecule has 6 N–H and O–H groups in total. The zero-order valence-corrected chi connectivity index (χ0v) is 15.3. The molecule has 3 amide bonds. The van der Waals surface area contributed by atoms with Gasteiger partial charge in [0.1, 0.15) is 18.4 Å². The molecule has 150 valence electrons. The van der Waals surface area contributed by atoms with Crippen LogP contribution >= 0.6 is 0 Å². The van der Waals surface area contributed by atoms with Crippen LogP contribution in [0.1, 0.15) is 12.8 Å². The number of nitriles is 1. The molecule has 0 aromatic rings. The molecule has 1 saturated heterocycles. The average molecular weight is 390 g/mol. The molecule has 3 heterocycles. The maximum Gasteiger partial charge on any atom is 0.322 e. The molecule has 3 aliphatic heterocycles. The lowest BCUT2D eigenvalue weighted by Gasteiger charge is -2.50. The van der Waals surface area contributed by atoms with Crippen molar-refractivity contribution in [3.8, 4) is 6.07 Å². The molecule has 28 heavy (non-hydrogen) atoms. The fraction of sp³-hybridized carbons (Fsp3) is 0.471. The maximum absolute atomic E-state index is 12.2. The largest absolute Gasteiger partial charge is 0.503 e. The van der Waals surface area contributed by atoms with Crippen molar-refractivity contribution >= 4 is 11.9 Å². The van der Waals surface area contributed by atoms with Crippen LogP contribution in [0.3, 0.4) is 0 Å². The second-order valence-electron chi connectivity index (χ2n) is 6.85. The third kappa shape index (κ3) is 2.97. The number of likely N-dealkylation sites (tertiary alicyclic amines) is 1. The molecule has 1 fully saturated rings. The van der Waals surface area contributed by atoms with E-state index in [1.54, 1.807) is 12.1 Å². The Morgan fingerprint density at radius 3 is 2.86 bits per heavy atom. The molecule has 11 heteroatoms. The van der Waals surface area contributed by atoms with E-state index in [1.807, 2.05) is 0 Å². The molecule has 3 atom stereocenters. The number of urea groups is 1. The molecule has 0 radical (unpaired) electrons. The minimum Gasteiger partial charge on any atom is -0.503 e. The first-order valence-corrected chi connectivity index (χ1v) is 8.67. The number of hydrogen-bond donors (Lipinski definition) is 6. The van der Waals surface area contributed by atoms with Crippen LogP contribution in [0.5, 0.6) is 0 Å². The summed E-state index contributed by atoms with van der Waals surface area (Å²) in [6.07, 6.45) is 0.771. The van der Waals surface area contributed by atoms with E-state index in [1.165, 1.54) is 16.8 Å². The van der Waals surface area contributed by atoms with Crippen molar-refractivity contribution in [2.24, 2.45) is 5.92 Å². The number of likely N-dealkylation sites (N-methyl/N-ethyl adjacent to an activating group) is 1. The number of aliphatic hydroxyl groups excluding tert-OH is 2. The molecule has 11 nitrogen and oxygen atoms in total. The van der Waals surface area contributed by atoms with E-state index in [0.29, 0.717) is 13.0 Å². The van der Waals surface area contributed by atoms with Crippen molar-refractivity contribution in [3.05, 3.63) is 35.7 Å². The Morgan fingerprint density at radius 2 is 2.21 bits per heavy atom. The zero-order valence-electron chi connectivity index (χ0n) is 15.3. The molecule has 0 aromatic carbocycles. The second kappa shape index (κ2) is 6.97. The van der Waals surface area contributed by atoms with Gasteiger partial charge in [-0.2, -0.15) is 5.26 Å². The first-order chi connectivity index (χ1) is 13.2. The Kier molecular flexibility index (Phi) is 4.82. The van der Waals surface area contributed by atoms with Gasteiger partial charge in [-0.15, -0.1) is 6.58 Å². The Labute approximate surface area is 161 Å². The summed E-state index contributed by atoms with van der Waals surface area (Å²) in [4.78, 5) is 26.9. The molecule has 0 aliphatic carbocycles. The monoisotopic (exact) mass is 390 g/mol. The Balaban J connectivity index is 2.00. The van der Waals surface area contributed by atoms with Crippen molar-refractivity contribution in [2.75, 3.05) is 20.1 Å². The summed E-state index contributed by atoms with van der Waals surface area (Å²) in [5.74, 6) is -1.77. The highest BCUT2D eigenvalue weighted by Gasteiger charge is 2.48. The molecule has 0 saturated carbocycles. The van der Waals surface area contributed by atoms with Gasteiger partial charge in [-0.3, -0.25) is 10.1 Å². The van der Waals surface area contributed by atoms with E-state index in [0.717, 1.165) is 0 Å². The van der Waals surface area contributed by atoms with Crippen LogP contribution in [-0.4, -0.2) is 69.1 Å². The predicted octanol–water partition coefficient (Wildman–Crippen LogP) is -0.706. The summed E-state index contributed by atoms with van der Waals surface area (Å²) in [7, 11) is 1.50. The van der Waals surface area contributed by atoms with Gasteiger partial charge < -0.3 is 35.8 Å². The molecule has 0 bridgehead atoms. The number of carbonyl (C=O) groups excluding carboxylic acids is 2. The fourth-order valence-electron chi connectivity index (χ4n) is 3.76. The molecular formula is C17H22N6O5. The first-order valence-electron chi connectivity index (χ1n) is 8.67. The van der Waals surface area contributed by atoms with Crippen molar-refractivity contribution in [3.63, 3.8) is 0 Å². The lowest BCUT2D eigenvalue weighted by Crippen LogP contribution is -2.65. The van der Waals surface area contributed by atoms with Crippen molar-refractivity contribution in [2.45, 2.75) is 24.7 Å². The molecule has 0 spiro atoms. The van der Waals surface area contributed by atoms with Gasteiger partial charge in [0.2, 0.25) is 11.8 Å². The van der Waals surface area contributed by atoms with E-state index in [2.05, 4.69) is 22.5 Å². The summed E-state index contributed by atoms with van der Waals surface area (Å²) in [6, 6.07) is 1.20. The topological polar surface area (TPSA) is 161 Å². The highest BCUT2D eigenvalue weighted by atomic mass is 16.3. The Morgan fingerprint density at radius 1 is 1.50 bits per heavy atom. The zero-order chi connectivity index (χ0) is 20.6. The lowest BCUT2D eigenvalue weighted by molar-refractivity contribution is -0.165. The Bertz CT molecular complexity index is 830. The molecule has 3 unspecified atom stereocenters. The van der Waals surface area contributed by atoms with E-state index in [4.69, 9.17) is 5.26 Å². The number of carbonyl (C=O) groups is 2. The summed E-state index contributed by atoms with van der Waals surface area (Å²) in [6.45, 7) is 3.97.